The molecule has 0 aliphatic heterocycles. The SMILES string of the molecule is C=CCCNC(=O)CN(C)C. The molecule has 0 aromatic carbocycles. The minimum Gasteiger partial charge on any atom is -0.355 e. The van der Waals surface area contributed by atoms with E-state index in [1.54, 1.807) is 6.08 Å². The summed E-state index contributed by atoms with van der Waals surface area (Å²) in [5.41, 5.74) is 0. The average molecular weight is 156 g/mol. The van der Waals surface area contributed by atoms with Crippen molar-refractivity contribution < 1.29 is 4.79 Å². The number of hydrogen-bond donors (Lipinski definition) is 1. The fourth-order valence-electron chi connectivity index (χ4n) is 0.657. The maximum atomic E-state index is 10.9. The van der Waals surface area contributed by atoms with E-state index >= 15 is 0 Å². The van der Waals surface area contributed by atoms with Gasteiger partial charge in [-0.25, -0.2) is 0 Å². The van der Waals surface area contributed by atoms with Crippen LogP contribution in [0.4, 0.5) is 0 Å². The summed E-state index contributed by atoms with van der Waals surface area (Å²) in [6, 6.07) is 0. The van der Waals surface area contributed by atoms with Gasteiger partial charge in [-0.1, -0.05) is 6.08 Å². The van der Waals surface area contributed by atoms with E-state index in [1.165, 1.54) is 0 Å². The predicted molar refractivity (Wildman–Crippen MR) is 46.4 cm³/mol. The Morgan fingerprint density at radius 1 is 1.64 bits per heavy atom. The zero-order valence-electron chi connectivity index (χ0n) is 7.26. The Balaban J connectivity index is 3.30. The summed E-state index contributed by atoms with van der Waals surface area (Å²) < 4.78 is 0. The van der Waals surface area contributed by atoms with Crippen molar-refractivity contribution in [1.82, 2.24) is 10.2 Å². The Kier molecular flexibility index (Phi) is 5.47. The summed E-state index contributed by atoms with van der Waals surface area (Å²) in [5.74, 6) is 0.0665. The lowest BCUT2D eigenvalue weighted by Crippen LogP contribution is -2.33. The summed E-state index contributed by atoms with van der Waals surface area (Å²) in [6.07, 6.45) is 2.62. The van der Waals surface area contributed by atoms with E-state index < -0.39 is 0 Å². The van der Waals surface area contributed by atoms with Gasteiger partial charge in [-0.15, -0.1) is 6.58 Å². The first-order valence-electron chi connectivity index (χ1n) is 3.69. The molecular formula is C8H16N2O. The van der Waals surface area contributed by atoms with Crippen molar-refractivity contribution in [2.75, 3.05) is 27.2 Å². The number of likely N-dealkylation sites (N-methyl/N-ethyl adjacent to an activating group) is 1. The first kappa shape index (κ1) is 10.2. The number of amides is 1. The lowest BCUT2D eigenvalue weighted by atomic mass is 10.4. The standard InChI is InChI=1S/C8H16N2O/c1-4-5-6-9-8(11)7-10(2)3/h4H,1,5-7H2,2-3H3,(H,9,11). The van der Waals surface area contributed by atoms with Gasteiger partial charge < -0.3 is 10.2 Å². The predicted octanol–water partition coefficient (Wildman–Crippen LogP) is 0.240. The van der Waals surface area contributed by atoms with E-state index in [9.17, 15) is 4.79 Å². The Morgan fingerprint density at radius 2 is 2.27 bits per heavy atom. The number of nitrogens with one attached hydrogen (secondary N) is 1. The summed E-state index contributed by atoms with van der Waals surface area (Å²) >= 11 is 0. The molecule has 3 heteroatoms. The van der Waals surface area contributed by atoms with Crippen LogP contribution in [0.5, 0.6) is 0 Å². The maximum absolute atomic E-state index is 10.9. The molecule has 3 nitrogen and oxygen atoms in total. The zero-order valence-corrected chi connectivity index (χ0v) is 7.26. The molecule has 0 saturated carbocycles. The third-order valence-electron chi connectivity index (χ3n) is 1.13. The zero-order chi connectivity index (χ0) is 8.69. The van der Waals surface area contributed by atoms with Crippen LogP contribution in [-0.2, 0) is 4.79 Å². The number of rotatable bonds is 5. The van der Waals surface area contributed by atoms with E-state index in [0.29, 0.717) is 13.1 Å². The Hall–Kier alpha value is -0.830. The van der Waals surface area contributed by atoms with Gasteiger partial charge in [0.05, 0.1) is 6.54 Å². The minimum atomic E-state index is 0.0665. The lowest BCUT2D eigenvalue weighted by Gasteiger charge is -2.08. The van der Waals surface area contributed by atoms with Gasteiger partial charge in [0.15, 0.2) is 0 Å². The smallest absolute Gasteiger partial charge is 0.234 e. The first-order chi connectivity index (χ1) is 5.16. The van der Waals surface area contributed by atoms with Crippen molar-refractivity contribution in [3.05, 3.63) is 12.7 Å². The van der Waals surface area contributed by atoms with Crippen molar-refractivity contribution in [1.29, 1.82) is 0 Å². The van der Waals surface area contributed by atoms with Gasteiger partial charge in [-0.05, 0) is 20.5 Å². The van der Waals surface area contributed by atoms with Crippen LogP contribution in [0.15, 0.2) is 12.7 Å². The van der Waals surface area contributed by atoms with Crippen LogP contribution < -0.4 is 5.32 Å². The monoisotopic (exact) mass is 156 g/mol. The fourth-order valence-corrected chi connectivity index (χ4v) is 0.657. The summed E-state index contributed by atoms with van der Waals surface area (Å²) in [6.45, 7) is 4.70. The molecule has 0 radical (unpaired) electrons. The van der Waals surface area contributed by atoms with Crippen LogP contribution in [0.1, 0.15) is 6.42 Å². The average Bonchev–Trinajstić information content (AvgIpc) is 1.86. The van der Waals surface area contributed by atoms with Crippen molar-refractivity contribution in [3.63, 3.8) is 0 Å². The minimum absolute atomic E-state index is 0.0665. The van der Waals surface area contributed by atoms with Crippen LogP contribution >= 0.6 is 0 Å². The molecule has 64 valence electrons. The second kappa shape index (κ2) is 5.92. The highest BCUT2D eigenvalue weighted by molar-refractivity contribution is 5.77. The van der Waals surface area contributed by atoms with Crippen LogP contribution in [-0.4, -0.2) is 38.0 Å². The molecule has 0 aliphatic carbocycles. The van der Waals surface area contributed by atoms with Crippen LogP contribution in [0.2, 0.25) is 0 Å². The highest BCUT2D eigenvalue weighted by Crippen LogP contribution is 1.77. The number of carbonyl (C=O) groups is 1. The Morgan fingerprint density at radius 3 is 2.73 bits per heavy atom. The molecule has 0 unspecified atom stereocenters. The largest absolute Gasteiger partial charge is 0.355 e. The molecule has 1 amide bonds. The highest BCUT2D eigenvalue weighted by Gasteiger charge is 1.99. The van der Waals surface area contributed by atoms with E-state index in [2.05, 4.69) is 11.9 Å². The quantitative estimate of drug-likeness (QED) is 0.457. The van der Waals surface area contributed by atoms with E-state index in [-0.39, 0.29) is 5.91 Å². The summed E-state index contributed by atoms with van der Waals surface area (Å²) in [7, 11) is 3.74. The molecule has 0 atom stereocenters. The van der Waals surface area contributed by atoms with Crippen LogP contribution in [0, 0.1) is 0 Å². The molecular weight excluding hydrogens is 140 g/mol. The second-order valence-corrected chi connectivity index (χ2v) is 2.67. The molecule has 0 spiro atoms. The van der Waals surface area contributed by atoms with E-state index in [4.69, 9.17) is 0 Å². The van der Waals surface area contributed by atoms with Crippen LogP contribution in [0.3, 0.4) is 0 Å². The fraction of sp³-hybridized carbons (Fsp3) is 0.625. The molecule has 0 heterocycles. The van der Waals surface area contributed by atoms with Gasteiger partial charge in [0.25, 0.3) is 0 Å². The highest BCUT2D eigenvalue weighted by atomic mass is 16.1. The Bertz CT molecular complexity index is 132. The summed E-state index contributed by atoms with van der Waals surface area (Å²) in [4.78, 5) is 12.8. The third-order valence-corrected chi connectivity index (χ3v) is 1.13. The Labute approximate surface area is 68.1 Å². The molecule has 0 aromatic rings. The summed E-state index contributed by atoms with van der Waals surface area (Å²) in [5, 5.41) is 2.76. The van der Waals surface area contributed by atoms with Gasteiger partial charge in [0, 0.05) is 6.54 Å². The van der Waals surface area contributed by atoms with Gasteiger partial charge in [0.2, 0.25) is 5.91 Å². The number of nitrogens with zero attached hydrogens (tertiary/aromatic N) is 1. The molecule has 0 fully saturated rings. The normalized spacial score (nSPS) is 9.73. The topological polar surface area (TPSA) is 32.3 Å². The maximum Gasteiger partial charge on any atom is 0.234 e. The van der Waals surface area contributed by atoms with Crippen molar-refractivity contribution >= 4 is 5.91 Å². The molecule has 0 aromatic heterocycles. The second-order valence-electron chi connectivity index (χ2n) is 2.67. The van der Waals surface area contributed by atoms with E-state index in [0.717, 1.165) is 6.42 Å². The molecule has 1 N–H and O–H groups in total. The first-order valence-corrected chi connectivity index (χ1v) is 3.69. The van der Waals surface area contributed by atoms with Crippen molar-refractivity contribution in [3.8, 4) is 0 Å². The number of carbonyl (C=O) groups excluding carboxylic acids is 1. The lowest BCUT2D eigenvalue weighted by molar-refractivity contribution is -0.121. The molecule has 11 heavy (non-hydrogen) atoms. The van der Waals surface area contributed by atoms with Gasteiger partial charge in [0.1, 0.15) is 0 Å². The number of hydrogen-bond acceptors (Lipinski definition) is 2. The third kappa shape index (κ3) is 7.06. The molecule has 0 saturated heterocycles. The molecule has 0 aliphatic rings. The van der Waals surface area contributed by atoms with E-state index in [1.807, 2.05) is 19.0 Å². The van der Waals surface area contributed by atoms with Crippen LogP contribution in [0.25, 0.3) is 0 Å². The van der Waals surface area contributed by atoms with Gasteiger partial charge in [-0.3, -0.25) is 4.79 Å². The molecule has 0 rings (SSSR count). The molecule has 0 bridgehead atoms. The van der Waals surface area contributed by atoms with Gasteiger partial charge >= 0.3 is 0 Å². The van der Waals surface area contributed by atoms with Crippen molar-refractivity contribution in [2.24, 2.45) is 0 Å². The van der Waals surface area contributed by atoms with Gasteiger partial charge in [-0.2, -0.15) is 0 Å². The van der Waals surface area contributed by atoms with Crippen molar-refractivity contribution in [2.45, 2.75) is 6.42 Å².